The highest BCUT2D eigenvalue weighted by atomic mass is 19.1. The average Bonchev–Trinajstić information content (AvgIpc) is 2.42. The number of benzene rings is 1. The topological polar surface area (TPSA) is 60.2 Å². The Balaban J connectivity index is 2.18. The van der Waals surface area contributed by atoms with E-state index in [2.05, 4.69) is 10.3 Å². The number of aromatic nitrogens is 1. The zero-order chi connectivity index (χ0) is 15.4. The molecular formula is C16H20FN3O. The number of nitrogens with zero attached hydrogens (tertiary/aromatic N) is 1. The van der Waals surface area contributed by atoms with Crippen molar-refractivity contribution in [3.05, 3.63) is 41.7 Å². The van der Waals surface area contributed by atoms with Crippen molar-refractivity contribution in [2.45, 2.75) is 20.8 Å². The SMILES string of the molecule is Cc1ccc(Nc2ccc(N)c(OCC(C)C)n2)c(F)c1. The van der Waals surface area contributed by atoms with Crippen LogP contribution in [0.25, 0.3) is 0 Å². The number of nitrogens with two attached hydrogens (primary N) is 1. The monoisotopic (exact) mass is 289 g/mol. The predicted molar refractivity (Wildman–Crippen MR) is 83.4 cm³/mol. The Bertz CT molecular complexity index is 629. The second-order valence-corrected chi connectivity index (χ2v) is 5.40. The fourth-order valence-corrected chi connectivity index (χ4v) is 1.74. The molecule has 5 heteroatoms. The number of rotatable bonds is 5. The summed E-state index contributed by atoms with van der Waals surface area (Å²) in [6.45, 7) is 6.45. The van der Waals surface area contributed by atoms with E-state index in [-0.39, 0.29) is 5.82 Å². The van der Waals surface area contributed by atoms with E-state index in [0.29, 0.717) is 35.6 Å². The molecule has 0 bridgehead atoms. The van der Waals surface area contributed by atoms with Gasteiger partial charge in [-0.15, -0.1) is 0 Å². The Morgan fingerprint density at radius 1 is 1.29 bits per heavy atom. The van der Waals surface area contributed by atoms with E-state index >= 15 is 0 Å². The van der Waals surface area contributed by atoms with Crippen molar-refractivity contribution < 1.29 is 9.13 Å². The van der Waals surface area contributed by atoms with Crippen molar-refractivity contribution in [2.24, 2.45) is 5.92 Å². The summed E-state index contributed by atoms with van der Waals surface area (Å²) in [6.07, 6.45) is 0. The standard InChI is InChI=1S/C16H20FN3O/c1-10(2)9-21-16-13(18)5-7-15(20-16)19-14-6-4-11(3)8-12(14)17/h4-8,10H,9,18H2,1-3H3,(H,19,20). The van der Waals surface area contributed by atoms with Gasteiger partial charge in [0.05, 0.1) is 18.0 Å². The van der Waals surface area contributed by atoms with Crippen LogP contribution in [0.1, 0.15) is 19.4 Å². The maximum atomic E-state index is 13.8. The lowest BCUT2D eigenvalue weighted by molar-refractivity contribution is 0.263. The minimum absolute atomic E-state index is 0.321. The summed E-state index contributed by atoms with van der Waals surface area (Å²) >= 11 is 0. The Morgan fingerprint density at radius 2 is 2.05 bits per heavy atom. The van der Waals surface area contributed by atoms with Crippen LogP contribution in [-0.4, -0.2) is 11.6 Å². The Morgan fingerprint density at radius 3 is 2.71 bits per heavy atom. The Hall–Kier alpha value is -2.30. The van der Waals surface area contributed by atoms with Crippen LogP contribution in [-0.2, 0) is 0 Å². The zero-order valence-electron chi connectivity index (χ0n) is 12.5. The number of nitrogen functional groups attached to an aromatic ring is 1. The maximum Gasteiger partial charge on any atom is 0.239 e. The Labute approximate surface area is 124 Å². The highest BCUT2D eigenvalue weighted by molar-refractivity contribution is 5.61. The molecule has 0 fully saturated rings. The zero-order valence-corrected chi connectivity index (χ0v) is 12.5. The van der Waals surface area contributed by atoms with Crippen LogP contribution >= 0.6 is 0 Å². The van der Waals surface area contributed by atoms with Crippen molar-refractivity contribution in [3.8, 4) is 5.88 Å². The number of aryl methyl sites for hydroxylation is 1. The normalized spacial score (nSPS) is 10.7. The van der Waals surface area contributed by atoms with Gasteiger partial charge in [0.2, 0.25) is 5.88 Å². The van der Waals surface area contributed by atoms with Gasteiger partial charge in [0.15, 0.2) is 0 Å². The van der Waals surface area contributed by atoms with Gasteiger partial charge in [0.25, 0.3) is 0 Å². The molecule has 1 aromatic heterocycles. The molecule has 21 heavy (non-hydrogen) atoms. The van der Waals surface area contributed by atoms with Gasteiger partial charge in [0, 0.05) is 0 Å². The van der Waals surface area contributed by atoms with Crippen LogP contribution in [0.4, 0.5) is 21.6 Å². The summed E-state index contributed by atoms with van der Waals surface area (Å²) in [6, 6.07) is 8.36. The lowest BCUT2D eigenvalue weighted by Crippen LogP contribution is -2.08. The molecule has 1 heterocycles. The molecule has 112 valence electrons. The molecule has 0 saturated heterocycles. The van der Waals surface area contributed by atoms with E-state index in [9.17, 15) is 4.39 Å². The highest BCUT2D eigenvalue weighted by Gasteiger charge is 2.08. The van der Waals surface area contributed by atoms with E-state index in [1.54, 1.807) is 18.2 Å². The molecule has 0 radical (unpaired) electrons. The fourth-order valence-electron chi connectivity index (χ4n) is 1.74. The molecule has 3 N–H and O–H groups in total. The molecule has 0 aliphatic heterocycles. The van der Waals surface area contributed by atoms with Gasteiger partial charge in [-0.2, -0.15) is 4.98 Å². The van der Waals surface area contributed by atoms with Gasteiger partial charge in [-0.25, -0.2) is 4.39 Å². The van der Waals surface area contributed by atoms with E-state index in [0.717, 1.165) is 5.56 Å². The number of anilines is 3. The first-order valence-corrected chi connectivity index (χ1v) is 6.88. The molecule has 2 aromatic rings. The molecule has 2 rings (SSSR count). The molecule has 4 nitrogen and oxygen atoms in total. The van der Waals surface area contributed by atoms with Crippen LogP contribution in [0.5, 0.6) is 5.88 Å². The van der Waals surface area contributed by atoms with Gasteiger partial charge < -0.3 is 15.8 Å². The maximum absolute atomic E-state index is 13.8. The smallest absolute Gasteiger partial charge is 0.239 e. The van der Waals surface area contributed by atoms with Crippen molar-refractivity contribution in [1.82, 2.24) is 4.98 Å². The molecule has 0 saturated carbocycles. The first-order chi connectivity index (χ1) is 9.95. The van der Waals surface area contributed by atoms with Gasteiger partial charge in [-0.1, -0.05) is 19.9 Å². The van der Waals surface area contributed by atoms with Gasteiger partial charge in [-0.3, -0.25) is 0 Å². The summed E-state index contributed by atoms with van der Waals surface area (Å²) in [7, 11) is 0. The van der Waals surface area contributed by atoms with Crippen LogP contribution in [0.15, 0.2) is 30.3 Å². The van der Waals surface area contributed by atoms with Gasteiger partial charge in [-0.05, 0) is 42.7 Å². The van der Waals surface area contributed by atoms with Crippen LogP contribution in [0, 0.1) is 18.7 Å². The molecule has 0 aliphatic rings. The van der Waals surface area contributed by atoms with Crippen molar-refractivity contribution >= 4 is 17.2 Å². The van der Waals surface area contributed by atoms with E-state index in [1.807, 2.05) is 26.8 Å². The molecule has 0 atom stereocenters. The Kier molecular flexibility index (Phi) is 4.62. The third-order valence-corrected chi connectivity index (χ3v) is 2.83. The number of hydrogen-bond donors (Lipinski definition) is 2. The quantitative estimate of drug-likeness (QED) is 0.876. The van der Waals surface area contributed by atoms with Crippen molar-refractivity contribution in [3.63, 3.8) is 0 Å². The number of nitrogens with one attached hydrogen (secondary N) is 1. The predicted octanol–water partition coefficient (Wildman–Crippen LogP) is 3.89. The summed E-state index contributed by atoms with van der Waals surface area (Å²) in [4.78, 5) is 4.28. The van der Waals surface area contributed by atoms with E-state index in [1.165, 1.54) is 6.07 Å². The third-order valence-electron chi connectivity index (χ3n) is 2.83. The summed E-state index contributed by atoms with van der Waals surface area (Å²) < 4.78 is 19.4. The van der Waals surface area contributed by atoms with Crippen LogP contribution in [0.2, 0.25) is 0 Å². The second kappa shape index (κ2) is 6.43. The minimum Gasteiger partial charge on any atom is -0.476 e. The highest BCUT2D eigenvalue weighted by Crippen LogP contribution is 2.25. The van der Waals surface area contributed by atoms with Crippen molar-refractivity contribution in [2.75, 3.05) is 17.7 Å². The van der Waals surface area contributed by atoms with Crippen LogP contribution < -0.4 is 15.8 Å². The van der Waals surface area contributed by atoms with Gasteiger partial charge in [0.1, 0.15) is 11.6 Å². The van der Waals surface area contributed by atoms with Gasteiger partial charge >= 0.3 is 0 Å². The first kappa shape index (κ1) is 15.1. The molecule has 1 aromatic carbocycles. The lowest BCUT2D eigenvalue weighted by atomic mass is 10.2. The number of halogens is 1. The van der Waals surface area contributed by atoms with E-state index < -0.39 is 0 Å². The summed E-state index contributed by atoms with van der Waals surface area (Å²) in [5.74, 6) is 0.905. The summed E-state index contributed by atoms with van der Waals surface area (Å²) in [5, 5.41) is 2.93. The molecular weight excluding hydrogens is 269 g/mol. The first-order valence-electron chi connectivity index (χ1n) is 6.88. The minimum atomic E-state index is -0.321. The average molecular weight is 289 g/mol. The van der Waals surface area contributed by atoms with Crippen molar-refractivity contribution in [1.29, 1.82) is 0 Å². The number of hydrogen-bond acceptors (Lipinski definition) is 4. The number of pyridine rings is 1. The molecule has 0 amide bonds. The molecule has 0 aliphatic carbocycles. The second-order valence-electron chi connectivity index (χ2n) is 5.40. The lowest BCUT2D eigenvalue weighted by Gasteiger charge is -2.12. The van der Waals surface area contributed by atoms with E-state index in [4.69, 9.17) is 10.5 Å². The number of ether oxygens (including phenoxy) is 1. The van der Waals surface area contributed by atoms with Crippen LogP contribution in [0.3, 0.4) is 0 Å². The fraction of sp³-hybridized carbons (Fsp3) is 0.312. The molecule has 0 spiro atoms. The molecule has 0 unspecified atom stereocenters. The summed E-state index contributed by atoms with van der Waals surface area (Å²) in [5.41, 5.74) is 7.53. The largest absolute Gasteiger partial charge is 0.476 e. The third kappa shape index (κ3) is 4.08.